The van der Waals surface area contributed by atoms with E-state index in [0.717, 1.165) is 0 Å². The normalized spacial score (nSPS) is 13.7. The van der Waals surface area contributed by atoms with Crippen molar-refractivity contribution < 1.29 is 27.8 Å². The second kappa shape index (κ2) is 9.21. The Morgan fingerprint density at radius 3 is 1.50 bits per heavy atom. The number of carbonyl (C=O) groups excluding carboxylic acids is 2. The van der Waals surface area contributed by atoms with E-state index in [0.29, 0.717) is 22.8 Å². The summed E-state index contributed by atoms with van der Waals surface area (Å²) in [5, 5.41) is 6.00. The molecule has 1 aliphatic rings. The maximum absolute atomic E-state index is 13.6. The molecule has 0 spiro atoms. The Bertz CT molecular complexity index is 963. The maximum Gasteiger partial charge on any atom is 0.335 e. The van der Waals surface area contributed by atoms with Gasteiger partial charge >= 0.3 is 11.9 Å². The van der Waals surface area contributed by atoms with Crippen molar-refractivity contribution in [2.45, 2.75) is 12.8 Å². The molecule has 156 valence electrons. The van der Waals surface area contributed by atoms with Crippen LogP contribution in [0.4, 0.5) is 20.2 Å². The molecule has 8 heteroatoms. The van der Waals surface area contributed by atoms with Crippen molar-refractivity contribution in [3.8, 4) is 0 Å². The quantitative estimate of drug-likeness (QED) is 0.692. The van der Waals surface area contributed by atoms with Gasteiger partial charge in [0.1, 0.15) is 11.6 Å². The fourth-order valence-electron chi connectivity index (χ4n) is 3.14. The zero-order valence-corrected chi connectivity index (χ0v) is 16.4. The predicted molar refractivity (Wildman–Crippen MR) is 107 cm³/mol. The predicted octanol–water partition coefficient (Wildman–Crippen LogP) is 4.14. The Balaban J connectivity index is 1.99. The minimum Gasteiger partial charge on any atom is -0.466 e. The summed E-state index contributed by atoms with van der Waals surface area (Å²) in [6.45, 7) is 0. The number of benzene rings is 2. The SMILES string of the molecule is COC(=O)C1=C(Nc2cccc(F)c2)CC(C(=O)OC)=C(Nc2cccc(F)c2)C1. The number of methoxy groups -OCH3 is 2. The van der Waals surface area contributed by atoms with Crippen LogP contribution in [0.2, 0.25) is 0 Å². The first-order chi connectivity index (χ1) is 14.4. The molecule has 0 bridgehead atoms. The van der Waals surface area contributed by atoms with E-state index in [1.54, 1.807) is 12.1 Å². The maximum atomic E-state index is 13.6. The molecule has 0 saturated heterocycles. The second-order valence-corrected chi connectivity index (χ2v) is 6.52. The molecule has 0 unspecified atom stereocenters. The summed E-state index contributed by atoms with van der Waals surface area (Å²) in [6, 6.07) is 11.4. The zero-order valence-electron chi connectivity index (χ0n) is 16.4. The van der Waals surface area contributed by atoms with Crippen molar-refractivity contribution in [3.05, 3.63) is 82.7 Å². The molecule has 0 heterocycles. The van der Waals surface area contributed by atoms with E-state index >= 15 is 0 Å². The third kappa shape index (κ3) is 4.83. The number of hydrogen-bond acceptors (Lipinski definition) is 6. The average molecular weight is 414 g/mol. The van der Waals surface area contributed by atoms with Gasteiger partial charge in [0.25, 0.3) is 0 Å². The summed E-state index contributed by atoms with van der Waals surface area (Å²) in [6.07, 6.45) is 0.0105. The van der Waals surface area contributed by atoms with E-state index < -0.39 is 23.6 Å². The smallest absolute Gasteiger partial charge is 0.335 e. The molecule has 0 fully saturated rings. The van der Waals surface area contributed by atoms with E-state index in [2.05, 4.69) is 10.6 Å². The minimum atomic E-state index is -0.601. The first kappa shape index (κ1) is 21.0. The molecule has 3 rings (SSSR count). The number of esters is 2. The molecule has 0 amide bonds. The number of anilines is 2. The molecule has 6 nitrogen and oxygen atoms in total. The summed E-state index contributed by atoms with van der Waals surface area (Å²) in [5.41, 5.74) is 2.12. The van der Waals surface area contributed by atoms with E-state index in [-0.39, 0.29) is 24.0 Å². The van der Waals surface area contributed by atoms with Gasteiger partial charge in [-0.25, -0.2) is 18.4 Å². The van der Waals surface area contributed by atoms with Crippen LogP contribution < -0.4 is 10.6 Å². The van der Waals surface area contributed by atoms with Crippen LogP contribution in [-0.2, 0) is 19.1 Å². The van der Waals surface area contributed by atoms with E-state index in [4.69, 9.17) is 9.47 Å². The van der Waals surface area contributed by atoms with Crippen LogP contribution >= 0.6 is 0 Å². The van der Waals surface area contributed by atoms with Gasteiger partial charge in [-0.1, -0.05) is 12.1 Å². The van der Waals surface area contributed by atoms with E-state index in [1.807, 2.05) is 0 Å². The molecule has 1 aliphatic carbocycles. The van der Waals surface area contributed by atoms with Crippen molar-refractivity contribution in [1.29, 1.82) is 0 Å². The Kier molecular flexibility index (Phi) is 6.46. The van der Waals surface area contributed by atoms with Crippen molar-refractivity contribution in [3.63, 3.8) is 0 Å². The lowest BCUT2D eigenvalue weighted by atomic mass is 9.92. The molecule has 0 radical (unpaired) electrons. The molecule has 2 aromatic carbocycles. The number of carbonyl (C=O) groups is 2. The van der Waals surface area contributed by atoms with Crippen LogP contribution in [0.15, 0.2) is 71.1 Å². The topological polar surface area (TPSA) is 76.7 Å². The molecule has 30 heavy (non-hydrogen) atoms. The lowest BCUT2D eigenvalue weighted by molar-refractivity contribution is -0.137. The number of nitrogens with one attached hydrogen (secondary N) is 2. The molecular formula is C22H20F2N2O4. The Morgan fingerprint density at radius 2 is 1.17 bits per heavy atom. The van der Waals surface area contributed by atoms with E-state index in [9.17, 15) is 18.4 Å². The summed E-state index contributed by atoms with van der Waals surface area (Å²) >= 11 is 0. The van der Waals surface area contributed by atoms with Crippen LogP contribution in [0.5, 0.6) is 0 Å². The van der Waals surface area contributed by atoms with Crippen LogP contribution in [-0.4, -0.2) is 26.2 Å². The van der Waals surface area contributed by atoms with Crippen molar-refractivity contribution in [2.75, 3.05) is 24.9 Å². The monoisotopic (exact) mass is 414 g/mol. The Morgan fingerprint density at radius 1 is 0.767 bits per heavy atom. The number of rotatable bonds is 6. The number of allylic oxidation sites excluding steroid dienone is 2. The highest BCUT2D eigenvalue weighted by Gasteiger charge is 2.30. The average Bonchev–Trinajstić information content (AvgIpc) is 2.73. The second-order valence-electron chi connectivity index (χ2n) is 6.52. The zero-order chi connectivity index (χ0) is 21.7. The largest absolute Gasteiger partial charge is 0.466 e. The molecule has 0 aromatic heterocycles. The van der Waals surface area contributed by atoms with Gasteiger partial charge in [0, 0.05) is 35.6 Å². The highest BCUT2D eigenvalue weighted by atomic mass is 19.1. The first-order valence-electron chi connectivity index (χ1n) is 9.07. The van der Waals surface area contributed by atoms with Crippen LogP contribution in [0, 0.1) is 11.6 Å². The highest BCUT2D eigenvalue weighted by molar-refractivity contribution is 5.96. The van der Waals surface area contributed by atoms with Crippen molar-refractivity contribution in [1.82, 2.24) is 0 Å². The third-order valence-corrected chi connectivity index (χ3v) is 4.54. The highest BCUT2D eigenvalue weighted by Crippen LogP contribution is 2.33. The van der Waals surface area contributed by atoms with Gasteiger partial charge < -0.3 is 20.1 Å². The summed E-state index contributed by atoms with van der Waals surface area (Å²) in [4.78, 5) is 24.8. The lowest BCUT2D eigenvalue weighted by Crippen LogP contribution is -2.24. The fourth-order valence-corrected chi connectivity index (χ4v) is 3.14. The molecule has 2 aromatic rings. The van der Waals surface area contributed by atoms with Gasteiger partial charge in [0.2, 0.25) is 0 Å². The van der Waals surface area contributed by atoms with Crippen LogP contribution in [0.25, 0.3) is 0 Å². The third-order valence-electron chi connectivity index (χ3n) is 4.54. The van der Waals surface area contributed by atoms with Crippen LogP contribution in [0.1, 0.15) is 12.8 Å². The molecule has 0 atom stereocenters. The van der Waals surface area contributed by atoms with Gasteiger partial charge in [0.15, 0.2) is 0 Å². The number of halogens is 2. The van der Waals surface area contributed by atoms with E-state index in [1.165, 1.54) is 50.6 Å². The molecule has 0 saturated carbocycles. The Labute approximate surface area is 172 Å². The molecule has 0 aliphatic heterocycles. The van der Waals surface area contributed by atoms with Crippen LogP contribution in [0.3, 0.4) is 0 Å². The minimum absolute atomic E-state index is 0.00523. The van der Waals surface area contributed by atoms with Gasteiger partial charge in [-0.05, 0) is 36.4 Å². The van der Waals surface area contributed by atoms with Gasteiger partial charge in [-0.2, -0.15) is 0 Å². The fraction of sp³-hybridized carbons (Fsp3) is 0.182. The summed E-state index contributed by atoms with van der Waals surface area (Å²) in [7, 11) is 2.49. The van der Waals surface area contributed by atoms with Gasteiger partial charge in [0.05, 0.1) is 25.4 Å². The lowest BCUT2D eigenvalue weighted by Gasteiger charge is -2.25. The van der Waals surface area contributed by atoms with Gasteiger partial charge in [-0.15, -0.1) is 0 Å². The summed E-state index contributed by atoms with van der Waals surface area (Å²) < 4.78 is 36.9. The standard InChI is InChI=1S/C22H20F2N2O4/c1-29-21(27)17-11-20(26-16-8-4-6-14(24)10-16)18(22(28)30-2)12-19(17)25-15-7-3-5-13(23)9-15/h3-10,25-26H,11-12H2,1-2H3. The number of hydrogen-bond donors (Lipinski definition) is 2. The molecular weight excluding hydrogens is 394 g/mol. The van der Waals surface area contributed by atoms with Gasteiger partial charge in [-0.3, -0.25) is 0 Å². The summed E-state index contributed by atoms with van der Waals surface area (Å²) in [5.74, 6) is -2.10. The molecule has 2 N–H and O–H groups in total. The van der Waals surface area contributed by atoms with Crippen molar-refractivity contribution in [2.24, 2.45) is 0 Å². The Hall–Kier alpha value is -3.68. The first-order valence-corrected chi connectivity index (χ1v) is 9.07. The van der Waals surface area contributed by atoms with Crippen molar-refractivity contribution >= 4 is 23.3 Å². The number of ether oxygens (including phenoxy) is 2.